The van der Waals surface area contributed by atoms with E-state index in [-0.39, 0.29) is 5.41 Å². The third kappa shape index (κ3) is 3.28. The molecule has 160 valence electrons. The van der Waals surface area contributed by atoms with Crippen molar-refractivity contribution in [2.24, 2.45) is 28.9 Å². The quantitative estimate of drug-likeness (QED) is 0.488. The maximum atomic E-state index is 6.23. The van der Waals surface area contributed by atoms with Gasteiger partial charge in [-0.05, 0) is 99.4 Å². The maximum absolute atomic E-state index is 6.23. The summed E-state index contributed by atoms with van der Waals surface area (Å²) in [7, 11) is 0. The first kappa shape index (κ1) is 19.5. The summed E-state index contributed by atoms with van der Waals surface area (Å²) in [5.41, 5.74) is 10.1. The van der Waals surface area contributed by atoms with Crippen molar-refractivity contribution in [3.63, 3.8) is 0 Å². The molecule has 1 aromatic rings. The Hall–Kier alpha value is -1.19. The van der Waals surface area contributed by atoms with Crippen molar-refractivity contribution in [1.29, 1.82) is 0 Å². The molecule has 6 saturated carbocycles. The molecular formula is C27H36N2S. The first-order valence-corrected chi connectivity index (χ1v) is 12.8. The molecule has 0 amide bonds. The van der Waals surface area contributed by atoms with Crippen molar-refractivity contribution in [3.8, 4) is 0 Å². The molecule has 0 aliphatic heterocycles. The Kier molecular flexibility index (Phi) is 4.66. The minimum atomic E-state index is 0.206. The van der Waals surface area contributed by atoms with Crippen LogP contribution in [0, 0.1) is 23.2 Å². The SMILES string of the molecule is NC1CCC(NC(=S)C23CC4CC(c5ccccc5)(CC(C2)C4=CC2CC2)C3)CC1. The van der Waals surface area contributed by atoms with Crippen molar-refractivity contribution in [1.82, 2.24) is 5.32 Å². The Labute approximate surface area is 187 Å². The molecule has 0 heterocycles. The Morgan fingerprint density at radius 3 is 2.23 bits per heavy atom. The fourth-order valence-corrected chi connectivity index (χ4v) is 8.15. The lowest BCUT2D eigenvalue weighted by molar-refractivity contribution is 0.00528. The molecular weight excluding hydrogens is 384 g/mol. The summed E-state index contributed by atoms with van der Waals surface area (Å²) >= 11 is 6.23. The van der Waals surface area contributed by atoms with E-state index in [1.807, 2.05) is 5.57 Å². The van der Waals surface area contributed by atoms with Crippen LogP contribution in [-0.4, -0.2) is 17.1 Å². The van der Waals surface area contributed by atoms with E-state index in [2.05, 4.69) is 41.7 Å². The largest absolute Gasteiger partial charge is 0.376 e. The molecule has 0 spiro atoms. The van der Waals surface area contributed by atoms with E-state index < -0.39 is 0 Å². The maximum Gasteiger partial charge on any atom is 0.0818 e. The van der Waals surface area contributed by atoms with Gasteiger partial charge in [0.25, 0.3) is 0 Å². The van der Waals surface area contributed by atoms with Crippen LogP contribution in [0.25, 0.3) is 0 Å². The molecule has 0 radical (unpaired) electrons. The van der Waals surface area contributed by atoms with Crippen LogP contribution in [0.1, 0.15) is 76.2 Å². The zero-order valence-electron chi connectivity index (χ0n) is 18.1. The molecule has 6 fully saturated rings. The topological polar surface area (TPSA) is 38.0 Å². The monoisotopic (exact) mass is 420 g/mol. The average Bonchev–Trinajstić information content (AvgIpc) is 3.57. The van der Waals surface area contributed by atoms with E-state index in [1.165, 1.54) is 62.8 Å². The molecule has 7 rings (SSSR count). The van der Waals surface area contributed by atoms with Gasteiger partial charge in [0.15, 0.2) is 0 Å². The standard InChI is InChI=1S/C27H36N2S/c28-22-8-10-23(11-9-22)29-25(30)27-15-19-13-26(17-27,21-4-2-1-3-5-21)14-20(16-27)24(19)12-18-6-7-18/h1-5,12,18-20,22-23H,6-11,13-17,28H2,(H,29,30). The third-order valence-electron chi connectivity index (χ3n) is 9.19. The Bertz CT molecular complexity index is 829. The lowest BCUT2D eigenvalue weighted by atomic mass is 9.41. The first-order chi connectivity index (χ1) is 14.6. The van der Waals surface area contributed by atoms with E-state index in [0.29, 0.717) is 17.5 Å². The van der Waals surface area contributed by atoms with Gasteiger partial charge in [-0.3, -0.25) is 0 Å². The van der Waals surface area contributed by atoms with Crippen LogP contribution in [0.5, 0.6) is 0 Å². The normalized spacial score (nSPS) is 42.2. The van der Waals surface area contributed by atoms with Crippen LogP contribution in [0.15, 0.2) is 42.0 Å². The van der Waals surface area contributed by atoms with Gasteiger partial charge in [0.1, 0.15) is 0 Å². The molecule has 6 aliphatic carbocycles. The van der Waals surface area contributed by atoms with Crippen molar-refractivity contribution in [2.75, 3.05) is 0 Å². The first-order valence-electron chi connectivity index (χ1n) is 12.4. The summed E-state index contributed by atoms with van der Waals surface area (Å²) in [6, 6.07) is 12.4. The highest BCUT2D eigenvalue weighted by Gasteiger charge is 2.61. The lowest BCUT2D eigenvalue weighted by Gasteiger charge is -2.63. The predicted molar refractivity (Wildman–Crippen MR) is 127 cm³/mol. The van der Waals surface area contributed by atoms with E-state index >= 15 is 0 Å². The second kappa shape index (κ2) is 7.17. The van der Waals surface area contributed by atoms with Gasteiger partial charge >= 0.3 is 0 Å². The lowest BCUT2D eigenvalue weighted by Crippen LogP contribution is -2.60. The van der Waals surface area contributed by atoms with Crippen LogP contribution in [0.4, 0.5) is 0 Å². The van der Waals surface area contributed by atoms with Crippen molar-refractivity contribution in [2.45, 2.75) is 88.1 Å². The predicted octanol–water partition coefficient (Wildman–Crippen LogP) is 5.66. The zero-order chi connectivity index (χ0) is 20.3. The molecule has 3 heteroatoms. The van der Waals surface area contributed by atoms with Gasteiger partial charge in [-0.2, -0.15) is 0 Å². The highest BCUT2D eigenvalue weighted by atomic mass is 32.1. The van der Waals surface area contributed by atoms with Crippen LogP contribution >= 0.6 is 12.2 Å². The van der Waals surface area contributed by atoms with Gasteiger partial charge in [0.05, 0.1) is 4.99 Å². The van der Waals surface area contributed by atoms with Crippen molar-refractivity contribution < 1.29 is 0 Å². The summed E-state index contributed by atoms with van der Waals surface area (Å²) < 4.78 is 0. The highest BCUT2D eigenvalue weighted by Crippen LogP contribution is 2.68. The van der Waals surface area contributed by atoms with Crippen LogP contribution in [-0.2, 0) is 5.41 Å². The number of rotatable bonds is 4. The summed E-state index contributed by atoms with van der Waals surface area (Å²) in [6.45, 7) is 0. The number of hydrogen-bond donors (Lipinski definition) is 2. The van der Waals surface area contributed by atoms with Crippen LogP contribution < -0.4 is 11.1 Å². The summed E-state index contributed by atoms with van der Waals surface area (Å²) in [6.07, 6.45) is 16.7. The molecule has 4 bridgehead atoms. The Balaban J connectivity index is 1.31. The molecule has 2 nitrogen and oxygen atoms in total. The highest BCUT2D eigenvalue weighted by molar-refractivity contribution is 7.80. The summed E-state index contributed by atoms with van der Waals surface area (Å²) in [4.78, 5) is 1.20. The zero-order valence-corrected chi connectivity index (χ0v) is 18.9. The number of nitrogens with two attached hydrogens (primary N) is 1. The number of hydrogen-bond acceptors (Lipinski definition) is 2. The van der Waals surface area contributed by atoms with Gasteiger partial charge in [0.2, 0.25) is 0 Å². The summed E-state index contributed by atoms with van der Waals surface area (Å²) in [5.74, 6) is 2.37. The van der Waals surface area contributed by atoms with E-state index in [0.717, 1.165) is 30.6 Å². The van der Waals surface area contributed by atoms with Crippen LogP contribution in [0.2, 0.25) is 0 Å². The molecule has 3 N–H and O–H groups in total. The molecule has 1 aromatic carbocycles. The fraction of sp³-hybridized carbons (Fsp3) is 0.667. The third-order valence-corrected chi connectivity index (χ3v) is 9.74. The van der Waals surface area contributed by atoms with E-state index in [9.17, 15) is 0 Å². The summed E-state index contributed by atoms with van der Waals surface area (Å²) in [5, 5.41) is 3.89. The number of benzene rings is 1. The Morgan fingerprint density at radius 2 is 1.60 bits per heavy atom. The number of nitrogens with one attached hydrogen (secondary N) is 1. The smallest absolute Gasteiger partial charge is 0.0818 e. The second-order valence-corrected chi connectivity index (χ2v) is 11.8. The second-order valence-electron chi connectivity index (χ2n) is 11.4. The van der Waals surface area contributed by atoms with Gasteiger partial charge in [-0.15, -0.1) is 0 Å². The minimum absolute atomic E-state index is 0.206. The van der Waals surface area contributed by atoms with Crippen LogP contribution in [0.3, 0.4) is 0 Å². The van der Waals surface area contributed by atoms with E-state index in [4.69, 9.17) is 18.0 Å². The van der Waals surface area contributed by atoms with Gasteiger partial charge in [-0.25, -0.2) is 0 Å². The number of allylic oxidation sites excluding steroid dienone is 2. The van der Waals surface area contributed by atoms with Gasteiger partial charge < -0.3 is 11.1 Å². The molecule has 30 heavy (non-hydrogen) atoms. The Morgan fingerprint density at radius 1 is 0.933 bits per heavy atom. The fourth-order valence-electron chi connectivity index (χ4n) is 7.74. The minimum Gasteiger partial charge on any atom is -0.376 e. The van der Waals surface area contributed by atoms with Crippen molar-refractivity contribution >= 4 is 17.2 Å². The van der Waals surface area contributed by atoms with Crippen molar-refractivity contribution in [3.05, 3.63) is 47.5 Å². The molecule has 2 atom stereocenters. The average molecular weight is 421 g/mol. The molecule has 2 unspecified atom stereocenters. The molecule has 0 aromatic heterocycles. The van der Waals surface area contributed by atoms with Gasteiger partial charge in [0, 0.05) is 17.5 Å². The van der Waals surface area contributed by atoms with E-state index in [1.54, 1.807) is 5.56 Å². The molecule has 0 saturated heterocycles. The number of thiocarbonyl (C=S) groups is 1. The van der Waals surface area contributed by atoms with Gasteiger partial charge in [-0.1, -0.05) is 54.2 Å². The molecule has 6 aliphatic rings.